The molecule has 0 aliphatic heterocycles. The lowest BCUT2D eigenvalue weighted by atomic mass is 10.1. The molecular formula is C9H9ClN2O. The Bertz CT molecular complexity index is 450. The number of nitrogens with zero attached hydrogens (tertiary/aromatic N) is 1. The molecule has 2 N–H and O–H groups in total. The fourth-order valence-corrected chi connectivity index (χ4v) is 1.61. The van der Waals surface area contributed by atoms with Crippen LogP contribution in [0.3, 0.4) is 0 Å². The van der Waals surface area contributed by atoms with Crippen LogP contribution in [0.15, 0.2) is 16.7 Å². The maximum atomic E-state index is 5.92. The first-order valence-electron chi connectivity index (χ1n) is 3.97. The smallest absolute Gasteiger partial charge is 0.185 e. The fraction of sp³-hybridized carbons (Fsp3) is 0.222. The second-order valence-electron chi connectivity index (χ2n) is 2.88. The van der Waals surface area contributed by atoms with E-state index in [9.17, 15) is 0 Å². The molecule has 4 heteroatoms. The van der Waals surface area contributed by atoms with Crippen LogP contribution in [-0.4, -0.2) is 5.16 Å². The molecule has 0 fully saturated rings. The Morgan fingerprint density at radius 1 is 1.54 bits per heavy atom. The molecule has 0 spiro atoms. The van der Waals surface area contributed by atoms with Gasteiger partial charge in [0.25, 0.3) is 0 Å². The number of aromatic nitrogens is 1. The summed E-state index contributed by atoms with van der Waals surface area (Å²) in [5, 5.41) is 5.37. The van der Waals surface area contributed by atoms with Crippen molar-refractivity contribution >= 4 is 22.6 Å². The van der Waals surface area contributed by atoms with Crippen LogP contribution in [0.5, 0.6) is 0 Å². The maximum Gasteiger partial charge on any atom is 0.185 e. The van der Waals surface area contributed by atoms with Gasteiger partial charge < -0.3 is 10.3 Å². The third-order valence-electron chi connectivity index (χ3n) is 2.05. The first-order chi connectivity index (χ1) is 6.24. The van der Waals surface area contributed by atoms with Crippen molar-refractivity contribution in [3.63, 3.8) is 0 Å². The van der Waals surface area contributed by atoms with Crippen LogP contribution < -0.4 is 5.73 Å². The van der Waals surface area contributed by atoms with E-state index in [2.05, 4.69) is 5.16 Å². The quantitative estimate of drug-likeness (QED) is 0.761. The highest BCUT2D eigenvalue weighted by Crippen LogP contribution is 2.28. The largest absolute Gasteiger partial charge is 0.354 e. The topological polar surface area (TPSA) is 52.0 Å². The van der Waals surface area contributed by atoms with Gasteiger partial charge in [-0.2, -0.15) is 0 Å². The van der Waals surface area contributed by atoms with Crippen molar-refractivity contribution in [2.75, 3.05) is 0 Å². The van der Waals surface area contributed by atoms with Crippen LogP contribution >= 0.6 is 11.6 Å². The zero-order valence-corrected chi connectivity index (χ0v) is 7.93. The van der Waals surface area contributed by atoms with Crippen molar-refractivity contribution in [3.8, 4) is 0 Å². The minimum atomic E-state index is 0.468. The van der Waals surface area contributed by atoms with Crippen molar-refractivity contribution in [1.82, 2.24) is 5.16 Å². The number of benzene rings is 1. The molecule has 0 aliphatic carbocycles. The van der Waals surface area contributed by atoms with Gasteiger partial charge in [0.1, 0.15) is 0 Å². The Morgan fingerprint density at radius 3 is 3.00 bits per heavy atom. The molecule has 68 valence electrons. The van der Waals surface area contributed by atoms with E-state index in [-0.39, 0.29) is 0 Å². The van der Waals surface area contributed by atoms with Crippen LogP contribution in [0.25, 0.3) is 11.0 Å². The van der Waals surface area contributed by atoms with Crippen molar-refractivity contribution in [3.05, 3.63) is 28.4 Å². The second kappa shape index (κ2) is 3.01. The molecule has 2 rings (SSSR count). The van der Waals surface area contributed by atoms with E-state index in [1.165, 1.54) is 0 Å². The minimum absolute atomic E-state index is 0.468. The van der Waals surface area contributed by atoms with Crippen LogP contribution in [0.1, 0.15) is 11.3 Å². The zero-order chi connectivity index (χ0) is 9.42. The van der Waals surface area contributed by atoms with Gasteiger partial charge in [-0.1, -0.05) is 22.8 Å². The Balaban J connectivity index is 2.88. The lowest BCUT2D eigenvalue weighted by Gasteiger charge is -1.98. The predicted octanol–water partition coefficient (Wildman–Crippen LogP) is 2.25. The van der Waals surface area contributed by atoms with E-state index in [0.29, 0.717) is 17.2 Å². The molecule has 0 radical (unpaired) electrons. The Labute approximate surface area is 80.5 Å². The normalized spacial score (nSPS) is 11.0. The zero-order valence-electron chi connectivity index (χ0n) is 7.17. The number of hydrogen-bond acceptors (Lipinski definition) is 3. The summed E-state index contributed by atoms with van der Waals surface area (Å²) in [6.45, 7) is 2.34. The van der Waals surface area contributed by atoms with Crippen LogP contribution in [0.4, 0.5) is 0 Å². The summed E-state index contributed by atoms with van der Waals surface area (Å²) in [4.78, 5) is 0. The molecule has 0 atom stereocenters. The molecule has 0 amide bonds. The summed E-state index contributed by atoms with van der Waals surface area (Å²) in [5.41, 5.74) is 8.05. The second-order valence-corrected chi connectivity index (χ2v) is 3.29. The number of aryl methyl sites for hydroxylation is 1. The van der Waals surface area contributed by atoms with E-state index in [1.807, 2.05) is 13.0 Å². The standard InChI is InChI=1S/C9H9ClN2O/c1-5-8-6(4-11)2-3-7(10)9(8)13-12-5/h2-3H,4,11H2,1H3. The Morgan fingerprint density at radius 2 is 2.31 bits per heavy atom. The van der Waals surface area contributed by atoms with Gasteiger partial charge >= 0.3 is 0 Å². The third-order valence-corrected chi connectivity index (χ3v) is 2.35. The van der Waals surface area contributed by atoms with Crippen LogP contribution in [0.2, 0.25) is 5.02 Å². The average Bonchev–Trinajstić information content (AvgIpc) is 2.51. The van der Waals surface area contributed by atoms with E-state index in [0.717, 1.165) is 16.6 Å². The molecule has 0 saturated heterocycles. The summed E-state index contributed by atoms with van der Waals surface area (Å²) in [6.07, 6.45) is 0. The molecule has 1 heterocycles. The number of nitrogens with two attached hydrogens (primary N) is 1. The summed E-state index contributed by atoms with van der Waals surface area (Å²) < 4.78 is 5.08. The van der Waals surface area contributed by atoms with Crippen LogP contribution in [0, 0.1) is 6.92 Å². The van der Waals surface area contributed by atoms with Gasteiger partial charge in [0, 0.05) is 6.54 Å². The summed E-state index contributed by atoms with van der Waals surface area (Å²) >= 11 is 5.92. The predicted molar refractivity (Wildman–Crippen MR) is 51.6 cm³/mol. The lowest BCUT2D eigenvalue weighted by molar-refractivity contribution is 0.450. The minimum Gasteiger partial charge on any atom is -0.354 e. The molecular weight excluding hydrogens is 188 g/mol. The van der Waals surface area contributed by atoms with Crippen molar-refractivity contribution < 1.29 is 4.52 Å². The lowest BCUT2D eigenvalue weighted by Crippen LogP contribution is -1.96. The monoisotopic (exact) mass is 196 g/mol. The van der Waals surface area contributed by atoms with Gasteiger partial charge in [0.05, 0.1) is 16.1 Å². The SMILES string of the molecule is Cc1noc2c(Cl)ccc(CN)c12. The van der Waals surface area contributed by atoms with Crippen molar-refractivity contribution in [2.45, 2.75) is 13.5 Å². The van der Waals surface area contributed by atoms with Gasteiger partial charge in [-0.15, -0.1) is 0 Å². The number of halogens is 1. The fourth-order valence-electron chi connectivity index (χ4n) is 1.41. The van der Waals surface area contributed by atoms with E-state index in [1.54, 1.807) is 6.07 Å². The molecule has 2 aromatic rings. The maximum absolute atomic E-state index is 5.92. The number of rotatable bonds is 1. The summed E-state index contributed by atoms with van der Waals surface area (Å²) in [5.74, 6) is 0. The first-order valence-corrected chi connectivity index (χ1v) is 4.35. The Kier molecular flexibility index (Phi) is 1.98. The third kappa shape index (κ3) is 1.20. The summed E-state index contributed by atoms with van der Waals surface area (Å²) in [6, 6.07) is 3.67. The first kappa shape index (κ1) is 8.53. The van der Waals surface area contributed by atoms with Gasteiger partial charge in [-0.3, -0.25) is 0 Å². The van der Waals surface area contributed by atoms with Gasteiger partial charge in [-0.25, -0.2) is 0 Å². The van der Waals surface area contributed by atoms with Gasteiger partial charge in [-0.05, 0) is 18.6 Å². The van der Waals surface area contributed by atoms with Gasteiger partial charge in [0.15, 0.2) is 5.58 Å². The highest BCUT2D eigenvalue weighted by molar-refractivity contribution is 6.35. The molecule has 0 unspecified atom stereocenters. The van der Waals surface area contributed by atoms with E-state index in [4.69, 9.17) is 21.9 Å². The molecule has 0 bridgehead atoms. The number of hydrogen-bond donors (Lipinski definition) is 1. The van der Waals surface area contributed by atoms with E-state index < -0.39 is 0 Å². The van der Waals surface area contributed by atoms with Crippen molar-refractivity contribution in [1.29, 1.82) is 0 Å². The molecule has 3 nitrogen and oxygen atoms in total. The van der Waals surface area contributed by atoms with Gasteiger partial charge in [0.2, 0.25) is 0 Å². The Hall–Kier alpha value is -1.06. The molecule has 1 aromatic carbocycles. The molecule has 0 aliphatic rings. The summed E-state index contributed by atoms with van der Waals surface area (Å²) in [7, 11) is 0. The molecule has 0 saturated carbocycles. The van der Waals surface area contributed by atoms with Crippen molar-refractivity contribution in [2.24, 2.45) is 5.73 Å². The van der Waals surface area contributed by atoms with E-state index >= 15 is 0 Å². The molecule has 1 aromatic heterocycles. The molecule has 13 heavy (non-hydrogen) atoms. The number of fused-ring (bicyclic) bond motifs is 1. The van der Waals surface area contributed by atoms with Crippen LogP contribution in [-0.2, 0) is 6.54 Å². The highest BCUT2D eigenvalue weighted by Gasteiger charge is 2.11. The highest BCUT2D eigenvalue weighted by atomic mass is 35.5. The average molecular weight is 197 g/mol.